The van der Waals surface area contributed by atoms with Gasteiger partial charge >= 0.3 is 7.60 Å². The van der Waals surface area contributed by atoms with Gasteiger partial charge in [-0.2, -0.15) is 4.98 Å². The minimum absolute atomic E-state index is 0.0321. The van der Waals surface area contributed by atoms with Crippen LogP contribution in [0.5, 0.6) is 0 Å². The smallest absolute Gasteiger partial charge is 0.334 e. The van der Waals surface area contributed by atoms with Gasteiger partial charge in [0, 0.05) is 5.92 Å². The van der Waals surface area contributed by atoms with E-state index in [4.69, 9.17) is 9.16 Å². The summed E-state index contributed by atoms with van der Waals surface area (Å²) < 4.78 is 26.2. The van der Waals surface area contributed by atoms with Gasteiger partial charge in [0.1, 0.15) is 17.9 Å². The summed E-state index contributed by atoms with van der Waals surface area (Å²) in [6, 6.07) is 0. The van der Waals surface area contributed by atoms with Crippen molar-refractivity contribution < 1.29 is 33.4 Å². The Balaban J connectivity index is 2.15. The molecule has 2 aromatic rings. The highest BCUT2D eigenvalue weighted by molar-refractivity contribution is 7.52. The number of hydrogen-bond acceptors (Lipinski definition) is 8. The van der Waals surface area contributed by atoms with E-state index in [0.29, 0.717) is 0 Å². The van der Waals surface area contributed by atoms with Crippen LogP contribution in [0.2, 0.25) is 18.1 Å². The Labute approximate surface area is 203 Å². The first-order chi connectivity index (χ1) is 16.0. The molecule has 0 spiro atoms. The molecule has 1 saturated heterocycles. The largest absolute Gasteiger partial charge is 0.408 e. The number of nitrogens with zero attached hydrogens (tertiary/aromatic N) is 3. The summed E-state index contributed by atoms with van der Waals surface area (Å²) in [5.41, 5.74) is -2.09. The predicted molar refractivity (Wildman–Crippen MR) is 131 cm³/mol. The van der Waals surface area contributed by atoms with Gasteiger partial charge in [-0.15, -0.1) is 0 Å². The van der Waals surface area contributed by atoms with Crippen molar-refractivity contribution in [3.8, 4) is 0 Å². The Morgan fingerprint density at radius 3 is 2.51 bits per heavy atom. The number of aliphatic hydroxyl groups excluding tert-OH is 1. The fourth-order valence-electron chi connectivity index (χ4n) is 3.58. The van der Waals surface area contributed by atoms with Gasteiger partial charge in [-0.1, -0.05) is 34.6 Å². The predicted octanol–water partition coefficient (Wildman–Crippen LogP) is 1.54. The zero-order chi connectivity index (χ0) is 26.5. The lowest BCUT2D eigenvalue weighted by atomic mass is 10.2. The summed E-state index contributed by atoms with van der Waals surface area (Å²) in [4.78, 5) is 55.9. The molecule has 1 aliphatic heterocycles. The van der Waals surface area contributed by atoms with Crippen LogP contribution in [0.3, 0.4) is 0 Å². The van der Waals surface area contributed by atoms with Gasteiger partial charge in [-0.25, -0.2) is 4.98 Å². The Kier molecular flexibility index (Phi) is 7.51. The monoisotopic (exact) mass is 531 g/mol. The number of aromatic nitrogens is 4. The molecule has 0 bridgehead atoms. The Morgan fingerprint density at radius 1 is 1.37 bits per heavy atom. The minimum Gasteiger partial charge on any atom is -0.408 e. The topological polar surface area (TPSA) is 189 Å². The zero-order valence-electron chi connectivity index (χ0n) is 20.8. The van der Waals surface area contributed by atoms with Crippen molar-refractivity contribution in [3.63, 3.8) is 0 Å². The van der Waals surface area contributed by atoms with E-state index in [-0.39, 0.29) is 34.0 Å². The number of ether oxygens (including phenoxy) is 1. The number of anilines is 1. The molecule has 0 saturated carbocycles. The average molecular weight is 532 g/mol. The molecule has 1 amide bonds. The number of carbonyl (C=O) groups excluding carboxylic acids is 1. The van der Waals surface area contributed by atoms with Crippen molar-refractivity contribution in [3.05, 3.63) is 16.7 Å². The second kappa shape index (κ2) is 9.50. The number of aromatic amines is 1. The number of rotatable bonds is 7. The summed E-state index contributed by atoms with van der Waals surface area (Å²) >= 11 is 0. The molecule has 196 valence electrons. The maximum absolute atomic E-state index is 12.6. The molecule has 3 rings (SSSR count). The summed E-state index contributed by atoms with van der Waals surface area (Å²) in [6.07, 6.45) is -2.27. The van der Waals surface area contributed by atoms with Crippen molar-refractivity contribution in [2.45, 2.75) is 76.8 Å². The van der Waals surface area contributed by atoms with E-state index in [2.05, 4.69) is 20.3 Å². The van der Waals surface area contributed by atoms with Crippen LogP contribution in [-0.2, 0) is 18.5 Å². The molecule has 0 aromatic carbocycles. The van der Waals surface area contributed by atoms with Crippen LogP contribution < -0.4 is 10.9 Å². The summed E-state index contributed by atoms with van der Waals surface area (Å²) in [5, 5.41) is 12.1. The molecule has 0 aliphatic carbocycles. The number of H-pyrrole nitrogens is 1. The van der Waals surface area contributed by atoms with Crippen LogP contribution in [0.4, 0.5) is 5.95 Å². The van der Waals surface area contributed by atoms with Crippen molar-refractivity contribution >= 4 is 38.9 Å². The van der Waals surface area contributed by atoms with E-state index in [1.165, 1.54) is 10.9 Å². The molecule has 1 aliphatic rings. The zero-order valence-corrected chi connectivity index (χ0v) is 22.7. The number of carbonyl (C=O) groups is 1. The van der Waals surface area contributed by atoms with E-state index in [0.717, 1.165) is 0 Å². The van der Waals surface area contributed by atoms with Crippen LogP contribution in [-0.4, -0.2) is 73.1 Å². The number of hydrogen-bond donors (Lipinski definition) is 5. The van der Waals surface area contributed by atoms with Crippen LogP contribution in [0.15, 0.2) is 11.1 Å². The molecule has 2 aromatic heterocycles. The fraction of sp³-hybridized carbons (Fsp3) is 0.700. The number of amides is 1. The second-order valence-electron chi connectivity index (χ2n) is 10.6. The summed E-state index contributed by atoms with van der Waals surface area (Å²) in [7, 11) is -7.39. The van der Waals surface area contributed by atoms with Gasteiger partial charge in [-0.05, 0) is 18.1 Å². The molecule has 35 heavy (non-hydrogen) atoms. The number of aliphatic hydroxyl groups is 1. The standard InChI is InChI=1S/C20H34N5O8PSi/c1-10(2)16(27)23-19-22-15-12(17(28)24-19)21-9-25(15)18-13(33-35(6,7)20(3,4)5)14(34(29,30)31)11(8-26)32-18/h9-11,13-14,18,26H,8H2,1-7H3,(H2,29,30,31)(H2,22,23,24,27,28)/t11-,13+,14-,18-/m1/s1. The number of fused-ring (bicyclic) bond motifs is 1. The highest BCUT2D eigenvalue weighted by Crippen LogP contribution is 2.54. The van der Waals surface area contributed by atoms with Crippen molar-refractivity contribution in [1.82, 2.24) is 19.5 Å². The van der Waals surface area contributed by atoms with Crippen molar-refractivity contribution in [1.29, 1.82) is 0 Å². The van der Waals surface area contributed by atoms with E-state index in [1.54, 1.807) is 13.8 Å². The highest BCUT2D eigenvalue weighted by atomic mass is 31.2. The van der Waals surface area contributed by atoms with Crippen molar-refractivity contribution in [2.24, 2.45) is 5.92 Å². The molecule has 0 radical (unpaired) electrons. The molecular formula is C20H34N5O8PSi. The molecular weight excluding hydrogens is 497 g/mol. The maximum atomic E-state index is 12.6. The van der Waals surface area contributed by atoms with E-state index in [9.17, 15) is 29.0 Å². The normalized spacial score (nSPS) is 23.9. The lowest BCUT2D eigenvalue weighted by Crippen LogP contribution is -2.48. The second-order valence-corrected chi connectivity index (χ2v) is 17.1. The summed E-state index contributed by atoms with van der Waals surface area (Å²) in [5.74, 6) is -0.833. The Morgan fingerprint density at radius 2 is 2.00 bits per heavy atom. The summed E-state index contributed by atoms with van der Waals surface area (Å²) in [6.45, 7) is 12.5. The molecule has 5 N–H and O–H groups in total. The SMILES string of the molecule is CC(C)C(=O)Nc1nc2c(ncn2[C@@H]2O[C@H](CO)[C@@H](P(=O)(O)O)[C@@H]2O[Si](C)(C)C(C)(C)C)c(=O)[nH]1. The van der Waals surface area contributed by atoms with Gasteiger partial charge in [0.2, 0.25) is 11.9 Å². The van der Waals surface area contributed by atoms with Crippen LogP contribution in [0.25, 0.3) is 11.2 Å². The van der Waals surface area contributed by atoms with Gasteiger partial charge in [0.05, 0.1) is 12.9 Å². The quantitative estimate of drug-likeness (QED) is 0.259. The number of nitrogens with one attached hydrogen (secondary N) is 2. The van der Waals surface area contributed by atoms with Gasteiger partial charge < -0.3 is 24.1 Å². The molecule has 0 unspecified atom stereocenters. The maximum Gasteiger partial charge on any atom is 0.334 e. The third kappa shape index (κ3) is 5.43. The van der Waals surface area contributed by atoms with E-state index < -0.39 is 52.2 Å². The third-order valence-corrected chi connectivity index (χ3v) is 12.5. The minimum atomic E-state index is -4.80. The van der Waals surface area contributed by atoms with Crippen LogP contribution >= 0.6 is 7.60 Å². The van der Waals surface area contributed by atoms with Gasteiger partial charge in [0.25, 0.3) is 5.56 Å². The average Bonchev–Trinajstić information content (AvgIpc) is 3.27. The molecule has 3 heterocycles. The molecule has 13 nitrogen and oxygen atoms in total. The van der Waals surface area contributed by atoms with Crippen molar-refractivity contribution in [2.75, 3.05) is 11.9 Å². The first-order valence-corrected chi connectivity index (χ1v) is 15.8. The Bertz CT molecular complexity index is 1200. The third-order valence-electron chi connectivity index (χ3n) is 6.59. The van der Waals surface area contributed by atoms with Crippen LogP contribution in [0.1, 0.15) is 40.8 Å². The first kappa shape index (κ1) is 27.7. The van der Waals surface area contributed by atoms with E-state index >= 15 is 0 Å². The van der Waals surface area contributed by atoms with Gasteiger partial charge in [0.15, 0.2) is 25.7 Å². The Hall–Kier alpha value is -1.93. The first-order valence-electron chi connectivity index (χ1n) is 11.2. The molecule has 15 heteroatoms. The molecule has 4 atom stereocenters. The number of imidazole rings is 1. The highest BCUT2D eigenvalue weighted by Gasteiger charge is 2.57. The molecule has 1 fully saturated rings. The van der Waals surface area contributed by atoms with E-state index in [1.807, 2.05) is 33.9 Å². The fourth-order valence-corrected chi connectivity index (χ4v) is 6.18. The lowest BCUT2D eigenvalue weighted by Gasteiger charge is -2.40. The van der Waals surface area contributed by atoms with Gasteiger partial charge in [-0.3, -0.25) is 29.0 Å². The van der Waals surface area contributed by atoms with Crippen LogP contribution in [0, 0.1) is 5.92 Å². The lowest BCUT2D eigenvalue weighted by molar-refractivity contribution is -0.118.